The Morgan fingerprint density at radius 3 is 1.12 bits per heavy atom. The van der Waals surface area contributed by atoms with Crippen molar-refractivity contribution in [1.82, 2.24) is 9.97 Å². The number of nitrogens with zero attached hydrogens (tertiary/aromatic N) is 2. The average Bonchev–Trinajstić information content (AvgIpc) is 2.97. The van der Waals surface area contributed by atoms with Gasteiger partial charge in [0.2, 0.25) is 0 Å². The Morgan fingerprint density at radius 2 is 0.833 bits per heavy atom. The predicted octanol–water partition coefficient (Wildman–Crippen LogP) is 10.9. The van der Waals surface area contributed by atoms with Crippen LogP contribution in [0.1, 0.15) is 52.7 Å². The number of ether oxygens (including phenoxy) is 2. The van der Waals surface area contributed by atoms with Crippen LogP contribution in [-0.4, -0.2) is 37.3 Å². The SMILES string of the molecule is CC(C)(C)Oc1cc(-c2ccc(C#C[Si](C)(C)C)cc2)nc2c1ccc1c(OC(C)(C)C)cc(-c3ccc(C#C[Si](C)(C)C)cc3)nc12. The zero-order valence-corrected chi connectivity index (χ0v) is 32.6. The minimum atomic E-state index is -1.48. The highest BCUT2D eigenvalue weighted by Gasteiger charge is 2.22. The standard InChI is InChI=1S/C42H48N2O2Si2/c1-41(2,3)45-37-27-35(31-17-13-29(14-18-31)23-25-47(7,8)9)43-39-33(37)21-22-34-38(46-42(4,5)6)28-36(44-40(34)39)32-19-15-30(16-20-32)24-26-48(10,11)12/h13-22,27-28H,1-12H3. The molecule has 0 saturated heterocycles. The van der Waals surface area contributed by atoms with Crippen LogP contribution in [0.3, 0.4) is 0 Å². The number of hydrogen-bond acceptors (Lipinski definition) is 4. The number of fused-ring (bicyclic) bond motifs is 3. The Hall–Kier alpha value is -4.37. The van der Waals surface area contributed by atoms with Gasteiger partial charge in [0.25, 0.3) is 0 Å². The number of hydrogen-bond donors (Lipinski definition) is 0. The van der Waals surface area contributed by atoms with Gasteiger partial charge in [-0.25, -0.2) is 9.97 Å². The van der Waals surface area contributed by atoms with E-state index < -0.39 is 27.3 Å². The molecule has 5 rings (SSSR count). The molecule has 3 aromatic carbocycles. The molecule has 0 aliphatic rings. The zero-order valence-electron chi connectivity index (χ0n) is 30.6. The molecule has 0 fully saturated rings. The lowest BCUT2D eigenvalue weighted by Gasteiger charge is -2.24. The van der Waals surface area contributed by atoms with Gasteiger partial charge in [-0.15, -0.1) is 11.1 Å². The van der Waals surface area contributed by atoms with Gasteiger partial charge in [-0.05, 0) is 77.9 Å². The summed E-state index contributed by atoms with van der Waals surface area (Å²) in [6.07, 6.45) is 0. The van der Waals surface area contributed by atoms with Gasteiger partial charge in [-0.3, -0.25) is 0 Å². The molecule has 0 amide bonds. The van der Waals surface area contributed by atoms with E-state index in [0.717, 1.165) is 66.9 Å². The van der Waals surface area contributed by atoms with E-state index in [2.05, 4.69) is 164 Å². The molecule has 6 heteroatoms. The van der Waals surface area contributed by atoms with Gasteiger partial charge in [-0.2, -0.15) is 0 Å². The van der Waals surface area contributed by atoms with Crippen molar-refractivity contribution in [3.05, 3.63) is 83.9 Å². The molecule has 5 aromatic rings. The van der Waals surface area contributed by atoms with Crippen LogP contribution in [0, 0.1) is 22.9 Å². The third-order valence-corrected chi connectivity index (χ3v) is 8.79. The summed E-state index contributed by atoms with van der Waals surface area (Å²) in [6.45, 7) is 25.9. The summed E-state index contributed by atoms with van der Waals surface area (Å²) in [4.78, 5) is 10.5. The van der Waals surface area contributed by atoms with Crippen molar-refractivity contribution in [3.63, 3.8) is 0 Å². The van der Waals surface area contributed by atoms with Gasteiger partial charge >= 0.3 is 0 Å². The molecular weight excluding hydrogens is 621 g/mol. The van der Waals surface area contributed by atoms with Crippen LogP contribution >= 0.6 is 0 Å². The second-order valence-corrected chi connectivity index (χ2v) is 26.0. The van der Waals surface area contributed by atoms with Gasteiger partial charge in [0, 0.05) is 45.2 Å². The van der Waals surface area contributed by atoms with Crippen molar-refractivity contribution >= 4 is 38.0 Å². The van der Waals surface area contributed by atoms with Crippen LogP contribution in [0.25, 0.3) is 44.3 Å². The predicted molar refractivity (Wildman–Crippen MR) is 209 cm³/mol. The van der Waals surface area contributed by atoms with Gasteiger partial charge in [-0.1, -0.05) is 75.4 Å². The molecule has 0 N–H and O–H groups in total. The number of pyridine rings is 2. The molecule has 2 aromatic heterocycles. The number of benzene rings is 3. The first-order valence-corrected chi connectivity index (χ1v) is 23.7. The third kappa shape index (κ3) is 9.16. The van der Waals surface area contributed by atoms with Crippen molar-refractivity contribution in [3.8, 4) is 56.9 Å². The van der Waals surface area contributed by atoms with E-state index in [9.17, 15) is 0 Å². The second-order valence-electron chi connectivity index (χ2n) is 16.5. The zero-order chi connectivity index (χ0) is 35.1. The van der Waals surface area contributed by atoms with Crippen LogP contribution in [0.5, 0.6) is 11.5 Å². The molecule has 2 heterocycles. The lowest BCUT2D eigenvalue weighted by atomic mass is 10.0. The third-order valence-electron chi connectivity index (χ3n) is 7.04. The second kappa shape index (κ2) is 12.9. The molecule has 0 spiro atoms. The molecule has 0 unspecified atom stereocenters. The van der Waals surface area contributed by atoms with Crippen molar-refractivity contribution in [2.24, 2.45) is 0 Å². The Balaban J connectivity index is 1.74. The lowest BCUT2D eigenvalue weighted by molar-refractivity contribution is 0.132. The van der Waals surface area contributed by atoms with Gasteiger partial charge < -0.3 is 9.47 Å². The van der Waals surface area contributed by atoms with E-state index in [4.69, 9.17) is 19.4 Å². The first-order chi connectivity index (χ1) is 22.2. The quantitative estimate of drug-likeness (QED) is 0.109. The van der Waals surface area contributed by atoms with Crippen LogP contribution < -0.4 is 9.47 Å². The van der Waals surface area contributed by atoms with Crippen molar-refractivity contribution in [2.45, 2.75) is 92.0 Å². The highest BCUT2D eigenvalue weighted by atomic mass is 28.3. The lowest BCUT2D eigenvalue weighted by Crippen LogP contribution is -2.23. The Kier molecular flexibility index (Phi) is 9.41. The maximum Gasteiger partial charge on any atom is 0.131 e. The first kappa shape index (κ1) is 35.0. The molecule has 4 nitrogen and oxygen atoms in total. The first-order valence-electron chi connectivity index (χ1n) is 16.7. The van der Waals surface area contributed by atoms with Crippen LogP contribution in [0.2, 0.25) is 39.3 Å². The van der Waals surface area contributed by atoms with Gasteiger partial charge in [0.15, 0.2) is 0 Å². The maximum atomic E-state index is 6.58. The Labute approximate surface area is 289 Å². The van der Waals surface area contributed by atoms with Crippen LogP contribution in [-0.2, 0) is 0 Å². The maximum absolute atomic E-state index is 6.58. The summed E-state index contributed by atoms with van der Waals surface area (Å²) in [5.41, 5.74) is 13.3. The summed E-state index contributed by atoms with van der Waals surface area (Å²) >= 11 is 0. The highest BCUT2D eigenvalue weighted by molar-refractivity contribution is 6.84. The van der Waals surface area contributed by atoms with Crippen molar-refractivity contribution in [2.75, 3.05) is 0 Å². The van der Waals surface area contributed by atoms with Crippen molar-refractivity contribution < 1.29 is 9.47 Å². The molecular formula is C42H48N2O2Si2. The monoisotopic (exact) mass is 668 g/mol. The molecule has 0 bridgehead atoms. The fourth-order valence-electron chi connectivity index (χ4n) is 5.01. The fraction of sp³-hybridized carbons (Fsp3) is 0.333. The summed E-state index contributed by atoms with van der Waals surface area (Å²) in [5, 5.41) is 1.81. The minimum absolute atomic E-state index is 0.410. The van der Waals surface area contributed by atoms with E-state index >= 15 is 0 Å². The van der Waals surface area contributed by atoms with Gasteiger partial charge in [0.05, 0.1) is 11.4 Å². The average molecular weight is 669 g/mol. The van der Waals surface area contributed by atoms with Crippen LogP contribution in [0.15, 0.2) is 72.8 Å². The summed E-state index contributed by atoms with van der Waals surface area (Å²) in [7, 11) is -2.96. The van der Waals surface area contributed by atoms with Gasteiger partial charge in [0.1, 0.15) is 49.9 Å². The topological polar surface area (TPSA) is 44.2 Å². The minimum Gasteiger partial charge on any atom is -0.487 e. The van der Waals surface area contributed by atoms with E-state index in [-0.39, 0.29) is 0 Å². The largest absolute Gasteiger partial charge is 0.487 e. The van der Waals surface area contributed by atoms with E-state index in [0.29, 0.717) is 0 Å². The fourth-order valence-corrected chi connectivity index (χ4v) is 6.04. The highest BCUT2D eigenvalue weighted by Crippen LogP contribution is 2.40. The van der Waals surface area contributed by atoms with E-state index in [1.54, 1.807) is 0 Å². The summed E-state index contributed by atoms with van der Waals surface area (Å²) < 4.78 is 13.2. The molecule has 0 saturated carbocycles. The molecule has 48 heavy (non-hydrogen) atoms. The summed E-state index contributed by atoms with van der Waals surface area (Å²) in [5.74, 6) is 8.25. The number of rotatable bonds is 4. The molecule has 0 aliphatic heterocycles. The van der Waals surface area contributed by atoms with E-state index in [1.807, 2.05) is 12.1 Å². The Morgan fingerprint density at radius 1 is 0.500 bits per heavy atom. The number of aromatic nitrogens is 2. The molecule has 246 valence electrons. The smallest absolute Gasteiger partial charge is 0.131 e. The van der Waals surface area contributed by atoms with Crippen LogP contribution in [0.4, 0.5) is 0 Å². The summed E-state index contributed by atoms with van der Waals surface area (Å²) in [6, 6.07) is 24.9. The molecule has 0 atom stereocenters. The normalized spacial score (nSPS) is 12.2. The Bertz CT molecular complexity index is 1950. The van der Waals surface area contributed by atoms with E-state index in [1.165, 1.54) is 0 Å². The molecule has 0 radical (unpaired) electrons. The molecule has 0 aliphatic carbocycles. The van der Waals surface area contributed by atoms with Crippen molar-refractivity contribution in [1.29, 1.82) is 0 Å².